The van der Waals surface area contributed by atoms with E-state index < -0.39 is 59.2 Å². The van der Waals surface area contributed by atoms with Gasteiger partial charge in [-0.05, 0) is 104 Å². The molecule has 3 aliphatic heterocycles. The lowest BCUT2D eigenvalue weighted by Gasteiger charge is -2.37. The SMILES string of the molecule is CCn1c(-c2cccnc2[C@H](C)OC)c2c3cc(ccc31)-c1cc(O)cc(c1)C[C@H](NC(=O)[C@H](C(C)C)N(C)C(=O)CN(C)C(=O)[C@H]1CN1Cc1ccccc1F)C(=O)N1CCC[C@H](N1)C(=O)OCC(C)(C)C2. The predicted octanol–water partition coefficient (Wildman–Crippen LogP) is 6.42. The number of ether oxygens (including phenoxy) is 2. The van der Waals surface area contributed by atoms with Crippen molar-refractivity contribution in [2.24, 2.45) is 11.3 Å². The van der Waals surface area contributed by atoms with Gasteiger partial charge in [0.15, 0.2) is 0 Å². The maximum Gasteiger partial charge on any atom is 0.324 e. The lowest BCUT2D eigenvalue weighted by atomic mass is 9.84. The van der Waals surface area contributed by atoms with Crippen LogP contribution in [0.3, 0.4) is 0 Å². The van der Waals surface area contributed by atoms with Gasteiger partial charge in [-0.1, -0.05) is 58.0 Å². The number of hydrazine groups is 1. The van der Waals surface area contributed by atoms with Gasteiger partial charge in [-0.15, -0.1) is 0 Å². The third-order valence-corrected chi connectivity index (χ3v) is 14.5. The van der Waals surface area contributed by atoms with Crippen LogP contribution in [-0.2, 0) is 59.4 Å². The van der Waals surface area contributed by atoms with Crippen LogP contribution in [0.25, 0.3) is 33.3 Å². The molecule has 17 heteroatoms. The van der Waals surface area contributed by atoms with E-state index in [-0.39, 0.29) is 56.2 Å². The van der Waals surface area contributed by atoms with Crippen LogP contribution < -0.4 is 10.7 Å². The van der Waals surface area contributed by atoms with Gasteiger partial charge in [0.2, 0.25) is 17.7 Å². The lowest BCUT2D eigenvalue weighted by molar-refractivity contribution is -0.155. The highest BCUT2D eigenvalue weighted by Gasteiger charge is 2.43. The Labute approximate surface area is 426 Å². The molecule has 0 saturated carbocycles. The Morgan fingerprint density at radius 3 is 2.52 bits per heavy atom. The smallest absolute Gasteiger partial charge is 0.324 e. The minimum Gasteiger partial charge on any atom is -0.508 e. The van der Waals surface area contributed by atoms with Gasteiger partial charge in [-0.2, -0.15) is 0 Å². The number of cyclic esters (lactones) is 1. The minimum atomic E-state index is -1.22. The topological polar surface area (TPSA) is 179 Å². The third kappa shape index (κ3) is 11.4. The van der Waals surface area contributed by atoms with Crippen LogP contribution in [0, 0.1) is 17.2 Å². The number of benzene rings is 3. The number of fused-ring (bicyclic) bond motifs is 6. The molecule has 6 atom stereocenters. The number of rotatable bonds is 13. The van der Waals surface area contributed by atoms with Crippen LogP contribution in [0.15, 0.2) is 79.0 Å². The van der Waals surface area contributed by atoms with Crippen molar-refractivity contribution in [1.82, 2.24) is 40.0 Å². The van der Waals surface area contributed by atoms with Crippen LogP contribution in [0.5, 0.6) is 5.75 Å². The number of phenols is 1. The average Bonchev–Trinajstić information content (AvgIpc) is 4.07. The largest absolute Gasteiger partial charge is 0.508 e. The summed E-state index contributed by atoms with van der Waals surface area (Å²) >= 11 is 0. The molecule has 16 nitrogen and oxygen atoms in total. The number of carbonyl (C=O) groups is 5. The van der Waals surface area contributed by atoms with Gasteiger partial charge in [-0.25, -0.2) is 9.82 Å². The fourth-order valence-electron chi connectivity index (χ4n) is 10.5. The van der Waals surface area contributed by atoms with E-state index in [9.17, 15) is 33.5 Å². The average molecular weight is 1000 g/mol. The zero-order valence-electron chi connectivity index (χ0n) is 43.4. The van der Waals surface area contributed by atoms with Crippen molar-refractivity contribution in [2.45, 2.75) is 111 Å². The summed E-state index contributed by atoms with van der Waals surface area (Å²) in [6.07, 6.45) is 2.84. The first-order valence-electron chi connectivity index (χ1n) is 25.3. The number of methoxy groups -OCH3 is 1. The monoisotopic (exact) mass is 1000 g/mol. The molecule has 5 heterocycles. The number of aromatic hydroxyl groups is 1. The highest BCUT2D eigenvalue weighted by atomic mass is 19.1. The molecular weight excluding hydrogens is 932 g/mol. The van der Waals surface area contributed by atoms with Gasteiger partial charge in [0.25, 0.3) is 5.91 Å². The Kier molecular flexibility index (Phi) is 15.7. The number of hydrogen-bond acceptors (Lipinski definition) is 11. The third-order valence-electron chi connectivity index (χ3n) is 14.5. The molecule has 6 bridgehead atoms. The number of nitrogens with one attached hydrogen (secondary N) is 2. The summed E-state index contributed by atoms with van der Waals surface area (Å²) in [5.74, 6) is -3.22. The number of carbonyl (C=O) groups excluding carboxylic acids is 5. The number of pyridine rings is 1. The van der Waals surface area contributed by atoms with E-state index in [1.54, 1.807) is 57.5 Å². The van der Waals surface area contributed by atoms with E-state index in [0.717, 1.165) is 39.0 Å². The number of aryl methyl sites for hydroxylation is 1. The van der Waals surface area contributed by atoms with E-state index in [1.165, 1.54) is 35.0 Å². The number of likely N-dealkylation sites (N-methyl/N-ethyl adjacent to an activating group) is 2. The molecule has 73 heavy (non-hydrogen) atoms. The van der Waals surface area contributed by atoms with Crippen LogP contribution in [0.4, 0.5) is 4.39 Å². The first-order valence-corrected chi connectivity index (χ1v) is 25.3. The number of hydrogen-bond donors (Lipinski definition) is 3. The molecule has 3 N–H and O–H groups in total. The highest BCUT2D eigenvalue weighted by Crippen LogP contribution is 2.42. The number of nitrogens with zero attached hydrogens (tertiary/aromatic N) is 6. The lowest BCUT2D eigenvalue weighted by Crippen LogP contribution is -2.62. The number of halogens is 1. The summed E-state index contributed by atoms with van der Waals surface area (Å²) in [6, 6.07) is 18.1. The van der Waals surface area contributed by atoms with Gasteiger partial charge < -0.3 is 34.3 Å². The van der Waals surface area contributed by atoms with Crippen molar-refractivity contribution in [3.8, 4) is 28.1 Å². The fraction of sp³-hybridized carbons (Fsp3) is 0.464. The van der Waals surface area contributed by atoms with E-state index in [4.69, 9.17) is 14.5 Å². The summed E-state index contributed by atoms with van der Waals surface area (Å²) in [5, 5.41) is 16.7. The highest BCUT2D eigenvalue weighted by molar-refractivity contribution is 5.96. The fourth-order valence-corrected chi connectivity index (χ4v) is 10.5. The number of phenolic OH excluding ortho intramolecular Hbond substituents is 1. The molecule has 8 rings (SSSR count). The predicted molar refractivity (Wildman–Crippen MR) is 275 cm³/mol. The maximum atomic E-state index is 14.8. The Morgan fingerprint density at radius 2 is 1.79 bits per heavy atom. The number of amides is 4. The first kappa shape index (κ1) is 52.6. The van der Waals surface area contributed by atoms with Crippen molar-refractivity contribution in [1.29, 1.82) is 0 Å². The Bertz CT molecular complexity index is 2900. The maximum absolute atomic E-state index is 14.8. The molecule has 3 aromatic carbocycles. The Hall–Kier alpha value is -6.69. The van der Waals surface area contributed by atoms with Crippen LogP contribution in [0.2, 0.25) is 0 Å². The molecule has 0 aliphatic carbocycles. The van der Waals surface area contributed by atoms with Gasteiger partial charge in [-0.3, -0.25) is 38.9 Å². The molecule has 2 aromatic heterocycles. The molecule has 0 spiro atoms. The summed E-state index contributed by atoms with van der Waals surface area (Å²) in [7, 11) is 4.69. The summed E-state index contributed by atoms with van der Waals surface area (Å²) in [5.41, 5.74) is 9.83. The van der Waals surface area contributed by atoms with Crippen molar-refractivity contribution in [2.75, 3.05) is 47.4 Å². The van der Waals surface area contributed by atoms with Crippen molar-refractivity contribution >= 4 is 40.5 Å². The van der Waals surface area contributed by atoms with Crippen LogP contribution in [0.1, 0.15) is 82.9 Å². The van der Waals surface area contributed by atoms with Gasteiger partial charge >= 0.3 is 5.97 Å². The van der Waals surface area contributed by atoms with Crippen molar-refractivity contribution in [3.63, 3.8) is 0 Å². The quantitative estimate of drug-likeness (QED) is 0.0877. The van der Waals surface area contributed by atoms with Crippen molar-refractivity contribution in [3.05, 3.63) is 107 Å². The van der Waals surface area contributed by atoms with E-state index in [0.29, 0.717) is 49.0 Å². The zero-order valence-corrected chi connectivity index (χ0v) is 43.4. The van der Waals surface area contributed by atoms with E-state index in [1.807, 2.05) is 30.0 Å². The molecule has 0 radical (unpaired) electrons. The molecular formula is C56H69FN8O8. The summed E-state index contributed by atoms with van der Waals surface area (Å²) < 4.78 is 28.5. The molecule has 2 fully saturated rings. The zero-order chi connectivity index (χ0) is 52.5. The number of esters is 1. The van der Waals surface area contributed by atoms with Gasteiger partial charge in [0.1, 0.15) is 35.7 Å². The second-order valence-corrected chi connectivity index (χ2v) is 21.0. The molecule has 2 saturated heterocycles. The molecule has 5 aromatic rings. The van der Waals surface area contributed by atoms with Gasteiger partial charge in [0.05, 0.1) is 30.6 Å². The Morgan fingerprint density at radius 1 is 1.03 bits per heavy atom. The minimum absolute atomic E-state index is 0.0363. The summed E-state index contributed by atoms with van der Waals surface area (Å²) in [4.78, 5) is 80.0. The second-order valence-electron chi connectivity index (χ2n) is 21.0. The summed E-state index contributed by atoms with van der Waals surface area (Å²) in [6.45, 7) is 13.1. The Balaban J connectivity index is 1.11. The normalized spacial score (nSPS) is 20.7. The van der Waals surface area contributed by atoms with Crippen LogP contribution in [-0.4, -0.2) is 136 Å². The second kappa shape index (κ2) is 21.8. The molecule has 1 unspecified atom stereocenters. The van der Waals surface area contributed by atoms with Gasteiger partial charge in [0, 0.05) is 87.4 Å². The van der Waals surface area contributed by atoms with E-state index in [2.05, 4.69) is 54.3 Å². The van der Waals surface area contributed by atoms with Crippen LogP contribution >= 0.6 is 0 Å². The van der Waals surface area contributed by atoms with E-state index >= 15 is 0 Å². The first-order chi connectivity index (χ1) is 34.8. The number of aromatic nitrogens is 2. The molecule has 388 valence electrons. The molecule has 4 amide bonds. The van der Waals surface area contributed by atoms with Crippen molar-refractivity contribution < 1.29 is 42.9 Å². The standard InChI is InChI=1S/C56H69FN8O8/c1-10-64-46-20-19-36-27-41(46)42(51(64)40-16-13-21-58-49(40)34(4)72-9)28-56(5,6)32-73-55(71)44-18-14-22-65(60-44)53(69)45(25-35-23-38(36)26-39(66)24-35)59-52(68)50(33(2)3)62(8)48(67)31-61(7)54(70)47-30-63(47)29-37-15-11-12-17-43(37)57/h11-13,15-17,19-21,23-24,26-27,33-34,44-45,47,50,60,66H,10,14,18,22,25,28-32H2,1-9H3,(H,59,68)/t34-,44-,45-,47+,50-,63?/m0/s1. The molecule has 3 aliphatic rings.